The number of rotatable bonds is 10. The second-order valence-corrected chi connectivity index (χ2v) is 11.4. The molecule has 0 saturated heterocycles. The summed E-state index contributed by atoms with van der Waals surface area (Å²) in [5, 5.41) is 3.40. The molecule has 0 spiro atoms. The van der Waals surface area contributed by atoms with Gasteiger partial charge in [-0.1, -0.05) is 57.3 Å². The Bertz CT molecular complexity index is 1330. The summed E-state index contributed by atoms with van der Waals surface area (Å²) in [6.07, 6.45) is 0.114. The van der Waals surface area contributed by atoms with Crippen LogP contribution >= 0.6 is 39.1 Å². The van der Waals surface area contributed by atoms with Gasteiger partial charge in [-0.3, -0.25) is 9.59 Å². The maximum atomic E-state index is 13.4. The Morgan fingerprint density at radius 3 is 2.28 bits per heavy atom. The summed E-state index contributed by atoms with van der Waals surface area (Å²) >= 11 is 15.5. The van der Waals surface area contributed by atoms with Crippen LogP contribution in [0.5, 0.6) is 0 Å². The number of esters is 1. The Hall–Kier alpha value is -2.43. The Balaban J connectivity index is 1.80. The fourth-order valence-corrected chi connectivity index (χ4v) is 5.37. The Morgan fingerprint density at radius 1 is 1.00 bits per heavy atom. The number of nitrogens with zero attached hydrogens (tertiary/aromatic N) is 1. The maximum absolute atomic E-state index is 13.4. The number of anilines is 1. The molecule has 0 aliphatic rings. The summed E-state index contributed by atoms with van der Waals surface area (Å²) in [6.45, 7) is 1.44. The number of benzene rings is 3. The van der Waals surface area contributed by atoms with Crippen molar-refractivity contribution in [1.82, 2.24) is 4.31 Å². The molecular formula is C25H23BrCl2N2O5S. The molecule has 7 nitrogen and oxygen atoms in total. The van der Waals surface area contributed by atoms with Gasteiger partial charge in [-0.05, 0) is 66.6 Å². The lowest BCUT2D eigenvalue weighted by molar-refractivity contribution is -0.142. The van der Waals surface area contributed by atoms with Crippen LogP contribution in [0, 0.1) is 0 Å². The van der Waals surface area contributed by atoms with Crippen LogP contribution in [0.15, 0.2) is 76.1 Å². The van der Waals surface area contributed by atoms with Crippen LogP contribution < -0.4 is 5.32 Å². The van der Waals surface area contributed by atoms with Gasteiger partial charge < -0.3 is 10.1 Å². The smallest absolute Gasteiger partial charge is 0.310 e. The fraction of sp³-hybridized carbons (Fsp3) is 0.200. The number of hydrogen-bond donors (Lipinski definition) is 1. The third-order valence-electron chi connectivity index (χ3n) is 5.02. The zero-order chi connectivity index (χ0) is 26.3. The lowest BCUT2D eigenvalue weighted by atomic mass is 10.1. The molecule has 11 heteroatoms. The largest absolute Gasteiger partial charge is 0.466 e. The van der Waals surface area contributed by atoms with E-state index in [9.17, 15) is 18.0 Å². The van der Waals surface area contributed by atoms with E-state index in [0.717, 1.165) is 14.3 Å². The summed E-state index contributed by atoms with van der Waals surface area (Å²) < 4.78 is 33.6. The molecule has 0 aliphatic carbocycles. The number of carbonyl (C=O) groups excluding carboxylic acids is 2. The minimum Gasteiger partial charge on any atom is -0.466 e. The highest BCUT2D eigenvalue weighted by Gasteiger charge is 2.27. The van der Waals surface area contributed by atoms with E-state index in [1.807, 2.05) is 0 Å². The summed E-state index contributed by atoms with van der Waals surface area (Å²) in [5.74, 6) is -0.886. The monoisotopic (exact) mass is 612 g/mol. The first-order valence-electron chi connectivity index (χ1n) is 10.8. The van der Waals surface area contributed by atoms with Gasteiger partial charge in [0.1, 0.15) is 0 Å². The van der Waals surface area contributed by atoms with Gasteiger partial charge in [0.25, 0.3) is 0 Å². The zero-order valence-corrected chi connectivity index (χ0v) is 23.1. The van der Waals surface area contributed by atoms with E-state index in [-0.39, 0.29) is 28.9 Å². The first-order valence-corrected chi connectivity index (χ1v) is 13.8. The number of nitrogens with one attached hydrogen (secondary N) is 1. The van der Waals surface area contributed by atoms with Crippen LogP contribution in [0.3, 0.4) is 0 Å². The number of sulfonamides is 1. The van der Waals surface area contributed by atoms with Gasteiger partial charge in [0.05, 0.1) is 24.5 Å². The quantitative estimate of drug-likeness (QED) is 0.297. The van der Waals surface area contributed by atoms with Crippen molar-refractivity contribution >= 4 is 66.7 Å². The van der Waals surface area contributed by atoms with Gasteiger partial charge in [-0.2, -0.15) is 4.31 Å². The highest BCUT2D eigenvalue weighted by Crippen LogP contribution is 2.26. The maximum Gasteiger partial charge on any atom is 0.310 e. The molecule has 0 aliphatic heterocycles. The van der Waals surface area contributed by atoms with E-state index in [0.29, 0.717) is 22.9 Å². The fourth-order valence-electron chi connectivity index (χ4n) is 3.27. The SMILES string of the molecule is CCOC(=O)Cc1ccc(NC(=O)CN(Cc2ccc(Cl)cc2Cl)S(=O)(=O)c2ccc(Br)cc2)cc1. The average molecular weight is 614 g/mol. The van der Waals surface area contributed by atoms with Crippen LogP contribution in [0.25, 0.3) is 0 Å². The van der Waals surface area contributed by atoms with Crippen molar-refractivity contribution in [3.05, 3.63) is 92.4 Å². The summed E-state index contributed by atoms with van der Waals surface area (Å²) in [7, 11) is -4.05. The van der Waals surface area contributed by atoms with Gasteiger partial charge in [0.15, 0.2) is 0 Å². The number of hydrogen-bond acceptors (Lipinski definition) is 5. The van der Waals surface area contributed by atoms with Crippen molar-refractivity contribution in [1.29, 1.82) is 0 Å². The van der Waals surface area contributed by atoms with Gasteiger partial charge >= 0.3 is 5.97 Å². The zero-order valence-electron chi connectivity index (χ0n) is 19.2. The van der Waals surface area contributed by atoms with Crippen molar-refractivity contribution in [3.63, 3.8) is 0 Å². The van der Waals surface area contributed by atoms with E-state index < -0.39 is 22.5 Å². The van der Waals surface area contributed by atoms with Crippen LogP contribution in [-0.4, -0.2) is 37.8 Å². The molecule has 0 saturated carbocycles. The van der Waals surface area contributed by atoms with Crippen molar-refractivity contribution in [3.8, 4) is 0 Å². The van der Waals surface area contributed by atoms with E-state index in [1.54, 1.807) is 55.5 Å². The van der Waals surface area contributed by atoms with Crippen LogP contribution in [0.4, 0.5) is 5.69 Å². The van der Waals surface area contributed by atoms with Gasteiger partial charge in [0, 0.05) is 26.8 Å². The normalized spacial score (nSPS) is 11.4. The molecule has 0 heterocycles. The van der Waals surface area contributed by atoms with Gasteiger partial charge in [0.2, 0.25) is 15.9 Å². The number of halogens is 3. The van der Waals surface area contributed by atoms with Crippen molar-refractivity contribution < 1.29 is 22.7 Å². The molecule has 0 atom stereocenters. The van der Waals surface area contributed by atoms with E-state index in [1.165, 1.54) is 18.2 Å². The highest BCUT2D eigenvalue weighted by molar-refractivity contribution is 9.10. The number of ether oxygens (including phenoxy) is 1. The molecule has 0 fully saturated rings. The Labute approximate surface area is 228 Å². The standard InChI is InChI=1S/C25H23BrCl2N2O5S/c1-2-35-25(32)13-17-3-9-21(10-4-17)29-24(31)16-30(15-18-5-8-20(27)14-23(18)28)36(33,34)22-11-6-19(26)7-12-22/h3-12,14H,2,13,15-16H2,1H3,(H,29,31). The third kappa shape index (κ3) is 7.78. The van der Waals surface area contributed by atoms with Crippen molar-refractivity contribution in [2.75, 3.05) is 18.5 Å². The van der Waals surface area contributed by atoms with Gasteiger partial charge in [-0.25, -0.2) is 8.42 Å². The Kier molecular flexibility index (Phi) is 9.92. The minimum absolute atomic E-state index is 0.0342. The topological polar surface area (TPSA) is 92.8 Å². The molecule has 3 aromatic carbocycles. The molecule has 190 valence electrons. The predicted molar refractivity (Wildman–Crippen MR) is 144 cm³/mol. The molecule has 0 aromatic heterocycles. The lowest BCUT2D eigenvalue weighted by Gasteiger charge is -2.22. The van der Waals surface area contributed by atoms with Crippen LogP contribution in [0.2, 0.25) is 10.0 Å². The van der Waals surface area contributed by atoms with Crippen LogP contribution in [-0.2, 0) is 37.3 Å². The first kappa shape index (κ1) is 28.1. The van der Waals surface area contributed by atoms with Crippen LogP contribution in [0.1, 0.15) is 18.1 Å². The average Bonchev–Trinajstić information content (AvgIpc) is 2.82. The molecule has 1 amide bonds. The molecule has 0 unspecified atom stereocenters. The van der Waals surface area contributed by atoms with E-state index >= 15 is 0 Å². The molecule has 0 radical (unpaired) electrons. The molecule has 3 rings (SSSR count). The van der Waals surface area contributed by atoms with Gasteiger partial charge in [-0.15, -0.1) is 0 Å². The lowest BCUT2D eigenvalue weighted by Crippen LogP contribution is -2.37. The summed E-state index contributed by atoms with van der Waals surface area (Å²) in [5.41, 5.74) is 1.68. The molecule has 36 heavy (non-hydrogen) atoms. The number of amides is 1. The molecular weight excluding hydrogens is 591 g/mol. The Morgan fingerprint density at radius 2 is 1.67 bits per heavy atom. The highest BCUT2D eigenvalue weighted by atomic mass is 79.9. The summed E-state index contributed by atoms with van der Waals surface area (Å²) in [4.78, 5) is 24.6. The molecule has 3 aromatic rings. The minimum atomic E-state index is -4.05. The second-order valence-electron chi connectivity index (χ2n) is 7.69. The number of carbonyl (C=O) groups is 2. The van der Waals surface area contributed by atoms with Crippen molar-refractivity contribution in [2.24, 2.45) is 0 Å². The van der Waals surface area contributed by atoms with E-state index in [4.69, 9.17) is 27.9 Å². The van der Waals surface area contributed by atoms with Crippen molar-refractivity contribution in [2.45, 2.75) is 24.8 Å². The van der Waals surface area contributed by atoms with E-state index in [2.05, 4.69) is 21.2 Å². The summed E-state index contributed by atoms with van der Waals surface area (Å²) in [6, 6.07) is 17.5. The second kappa shape index (κ2) is 12.7. The molecule has 1 N–H and O–H groups in total. The third-order valence-corrected chi connectivity index (χ3v) is 7.95. The first-order chi connectivity index (χ1) is 17.1. The predicted octanol–water partition coefficient (Wildman–Crippen LogP) is 5.69. The molecule has 0 bridgehead atoms.